The molecule has 4 nitrogen and oxygen atoms in total. The van der Waals surface area contributed by atoms with Gasteiger partial charge in [0.25, 0.3) is 0 Å². The van der Waals surface area contributed by atoms with E-state index in [2.05, 4.69) is 25.8 Å². The third kappa shape index (κ3) is 7.12. The van der Waals surface area contributed by atoms with Crippen molar-refractivity contribution in [3.8, 4) is 17.6 Å². The van der Waals surface area contributed by atoms with E-state index in [0.717, 1.165) is 40.0 Å². The largest absolute Gasteiger partial charge is 0.454 e. The summed E-state index contributed by atoms with van der Waals surface area (Å²) in [5, 5.41) is 9.76. The summed E-state index contributed by atoms with van der Waals surface area (Å²) in [6, 6.07) is 11.1. The lowest BCUT2D eigenvalue weighted by Gasteiger charge is -2.03. The number of aryl methyl sites for hydroxylation is 2. The van der Waals surface area contributed by atoms with Gasteiger partial charge in [-0.15, -0.1) is 0 Å². The quantitative estimate of drug-likeness (QED) is 0.542. The van der Waals surface area contributed by atoms with E-state index in [1.54, 1.807) is 12.1 Å². The lowest BCUT2D eigenvalue weighted by molar-refractivity contribution is 0.174. The highest BCUT2D eigenvalue weighted by atomic mass is 35.5. The number of nitriles is 1. The number of hydrogen-bond donors (Lipinski definition) is 0. The fourth-order valence-corrected chi connectivity index (χ4v) is 3.66. The van der Waals surface area contributed by atoms with E-state index in [4.69, 9.17) is 37.9 Å². The average molecular weight is 435 g/mol. The minimum atomic E-state index is 0.304. The van der Waals surface area contributed by atoms with Crippen molar-refractivity contribution in [2.45, 2.75) is 33.6 Å². The van der Waals surface area contributed by atoms with Crippen LogP contribution in [-0.4, -0.2) is 31.8 Å². The molecular formula is C23H28Cl2N2O2. The number of benzene rings is 2. The Bertz CT molecular complexity index is 856. The van der Waals surface area contributed by atoms with Gasteiger partial charge in [0, 0.05) is 17.6 Å². The predicted octanol–water partition coefficient (Wildman–Crippen LogP) is 6.11. The van der Waals surface area contributed by atoms with E-state index in [1.165, 1.54) is 19.5 Å². The van der Waals surface area contributed by atoms with Crippen molar-refractivity contribution in [3.63, 3.8) is 0 Å². The molecule has 29 heavy (non-hydrogen) atoms. The van der Waals surface area contributed by atoms with E-state index in [-0.39, 0.29) is 0 Å². The standard InChI is InChI=1S/C9H9ClO2.C8H6ClN.C6H13N/c1-2-6-3-8-9(4-7(6)10)12-5-11-8;1-6-2-3-7(5-10)8(9)4-6;1-6-3-4-7(2)5-6/h3-4H,2,5H2,1H3;2-4H,1H3;6H,3-5H2,1-2H3/t;;6-/m..0/s1. The molecule has 6 heteroatoms. The highest BCUT2D eigenvalue weighted by molar-refractivity contribution is 6.32. The van der Waals surface area contributed by atoms with Crippen LogP contribution in [0.5, 0.6) is 11.5 Å². The first-order valence-electron chi connectivity index (χ1n) is 9.76. The first-order chi connectivity index (χ1) is 13.8. The predicted molar refractivity (Wildman–Crippen MR) is 119 cm³/mol. The smallest absolute Gasteiger partial charge is 0.231 e. The van der Waals surface area contributed by atoms with Gasteiger partial charge in [0.1, 0.15) is 6.07 Å². The Labute approximate surface area is 183 Å². The van der Waals surface area contributed by atoms with Crippen molar-refractivity contribution in [3.05, 3.63) is 57.1 Å². The van der Waals surface area contributed by atoms with E-state index >= 15 is 0 Å². The van der Waals surface area contributed by atoms with Gasteiger partial charge in [0.15, 0.2) is 11.5 Å². The highest BCUT2D eigenvalue weighted by Crippen LogP contribution is 2.36. The summed E-state index contributed by atoms with van der Waals surface area (Å²) in [4.78, 5) is 2.38. The molecule has 0 saturated carbocycles. The number of ether oxygens (including phenoxy) is 2. The normalized spacial score (nSPS) is 16.9. The van der Waals surface area contributed by atoms with Crippen LogP contribution in [0.4, 0.5) is 0 Å². The molecule has 1 atom stereocenters. The molecule has 4 rings (SSSR count). The zero-order valence-corrected chi connectivity index (χ0v) is 19.0. The number of nitrogens with zero attached hydrogens (tertiary/aromatic N) is 2. The van der Waals surface area contributed by atoms with Crippen molar-refractivity contribution in [1.29, 1.82) is 5.26 Å². The SMILES string of the molecule is CCc1cc2c(cc1Cl)OCO2.C[C@H]1CCN(C)C1.Cc1ccc(C#N)c(Cl)c1. The summed E-state index contributed by atoms with van der Waals surface area (Å²) >= 11 is 11.7. The monoisotopic (exact) mass is 434 g/mol. The van der Waals surface area contributed by atoms with Gasteiger partial charge in [-0.1, -0.05) is 43.1 Å². The first kappa shape index (κ1) is 23.3. The number of fused-ring (bicyclic) bond motifs is 1. The zero-order chi connectivity index (χ0) is 21.4. The molecule has 156 valence electrons. The van der Waals surface area contributed by atoms with Crippen LogP contribution in [0.25, 0.3) is 0 Å². The Kier molecular flexibility index (Phi) is 9.10. The van der Waals surface area contributed by atoms with Crippen LogP contribution in [0.1, 0.15) is 37.0 Å². The van der Waals surface area contributed by atoms with Gasteiger partial charge in [0.2, 0.25) is 6.79 Å². The van der Waals surface area contributed by atoms with Crippen molar-refractivity contribution in [2.24, 2.45) is 5.92 Å². The molecule has 0 aliphatic carbocycles. The molecule has 2 aromatic rings. The minimum absolute atomic E-state index is 0.304. The lowest BCUT2D eigenvalue weighted by atomic mass is 10.1. The Balaban J connectivity index is 0.000000161. The molecule has 0 bridgehead atoms. The van der Waals surface area contributed by atoms with Gasteiger partial charge in [-0.3, -0.25) is 0 Å². The molecule has 0 aromatic heterocycles. The summed E-state index contributed by atoms with van der Waals surface area (Å²) in [6.07, 6.45) is 2.31. The maximum atomic E-state index is 8.47. The number of halogens is 2. The minimum Gasteiger partial charge on any atom is -0.454 e. The number of likely N-dealkylation sites (tertiary alicyclic amines) is 1. The maximum Gasteiger partial charge on any atom is 0.231 e. The maximum absolute atomic E-state index is 8.47. The van der Waals surface area contributed by atoms with E-state index in [9.17, 15) is 0 Å². The van der Waals surface area contributed by atoms with Crippen molar-refractivity contribution in [1.82, 2.24) is 4.90 Å². The lowest BCUT2D eigenvalue weighted by Crippen LogP contribution is -2.12. The van der Waals surface area contributed by atoms with Gasteiger partial charge in [-0.25, -0.2) is 0 Å². The fraction of sp³-hybridized carbons (Fsp3) is 0.435. The third-order valence-corrected chi connectivity index (χ3v) is 5.46. The van der Waals surface area contributed by atoms with Gasteiger partial charge < -0.3 is 14.4 Å². The van der Waals surface area contributed by atoms with Crippen LogP contribution in [0, 0.1) is 24.2 Å². The molecule has 0 radical (unpaired) electrons. The van der Waals surface area contributed by atoms with Crippen molar-refractivity contribution < 1.29 is 9.47 Å². The summed E-state index contributed by atoms with van der Waals surface area (Å²) in [7, 11) is 2.18. The molecule has 2 heterocycles. The van der Waals surface area contributed by atoms with Crippen LogP contribution in [-0.2, 0) is 6.42 Å². The van der Waals surface area contributed by atoms with Crippen LogP contribution >= 0.6 is 23.2 Å². The molecule has 1 saturated heterocycles. The average Bonchev–Trinajstić information content (AvgIpc) is 3.29. The highest BCUT2D eigenvalue weighted by Gasteiger charge is 2.15. The Hall–Kier alpha value is -1.93. The second-order valence-corrected chi connectivity index (χ2v) is 8.22. The Morgan fingerprint density at radius 2 is 1.83 bits per heavy atom. The summed E-state index contributed by atoms with van der Waals surface area (Å²) in [6.45, 7) is 9.22. The van der Waals surface area contributed by atoms with Gasteiger partial charge in [0.05, 0.1) is 10.6 Å². The van der Waals surface area contributed by atoms with Crippen molar-refractivity contribution >= 4 is 23.2 Å². The number of rotatable bonds is 1. The van der Waals surface area contributed by atoms with E-state index < -0.39 is 0 Å². The molecule has 1 fully saturated rings. The van der Waals surface area contributed by atoms with Gasteiger partial charge in [-0.05, 0) is 68.6 Å². The summed E-state index contributed by atoms with van der Waals surface area (Å²) in [5.41, 5.74) is 2.71. The van der Waals surface area contributed by atoms with Gasteiger partial charge in [-0.2, -0.15) is 5.26 Å². The summed E-state index contributed by atoms with van der Waals surface area (Å²) in [5.74, 6) is 2.50. The van der Waals surface area contributed by atoms with Crippen LogP contribution in [0.15, 0.2) is 30.3 Å². The van der Waals surface area contributed by atoms with E-state index in [1.807, 2.05) is 31.2 Å². The molecule has 2 aromatic carbocycles. The Morgan fingerprint density at radius 3 is 2.31 bits per heavy atom. The topological polar surface area (TPSA) is 45.5 Å². The molecular weight excluding hydrogens is 407 g/mol. The van der Waals surface area contributed by atoms with E-state index in [0.29, 0.717) is 17.4 Å². The first-order valence-corrected chi connectivity index (χ1v) is 10.5. The van der Waals surface area contributed by atoms with Crippen molar-refractivity contribution in [2.75, 3.05) is 26.9 Å². The second kappa shape index (κ2) is 11.3. The van der Waals surface area contributed by atoms with Gasteiger partial charge >= 0.3 is 0 Å². The molecule has 2 aliphatic heterocycles. The second-order valence-electron chi connectivity index (χ2n) is 7.40. The van der Waals surface area contributed by atoms with Crippen LogP contribution in [0.3, 0.4) is 0 Å². The van der Waals surface area contributed by atoms with Crippen LogP contribution < -0.4 is 9.47 Å². The fourth-order valence-electron chi connectivity index (χ4n) is 3.10. The molecule has 0 spiro atoms. The Morgan fingerprint density at radius 1 is 1.14 bits per heavy atom. The summed E-state index contributed by atoms with van der Waals surface area (Å²) < 4.78 is 10.4. The third-order valence-electron chi connectivity index (χ3n) is 4.79. The zero-order valence-electron chi connectivity index (χ0n) is 17.5. The molecule has 0 N–H and O–H groups in total. The number of hydrogen-bond acceptors (Lipinski definition) is 4. The molecule has 0 unspecified atom stereocenters. The van der Waals surface area contributed by atoms with Crippen LogP contribution in [0.2, 0.25) is 10.0 Å². The molecule has 0 amide bonds. The molecule has 2 aliphatic rings.